The summed E-state index contributed by atoms with van der Waals surface area (Å²) in [5.74, 6) is -2.84. The number of carbonyl (C=O) groups is 4. The van der Waals surface area contributed by atoms with Gasteiger partial charge in [-0.1, -0.05) is 23.7 Å². The molecule has 4 N–H and O–H groups in total. The minimum atomic E-state index is -4.98. The standard InChI is InChI=1S/C34H35ClF3N5O6/c1-17-22(35)12-9-13-23(17)42-29(45)20-14-18(15-24-27(20)43-25(41-24)16-39-31(47)49-33(5,6)7)40-28(44)19-10-8-11-21(34(36,37)38)26(19)30(46)48-32(2,3)4/h8-15H,16H2,1-7H3,(H,39,47)(H,40,44)(H,41,43)(H,42,45). The summed E-state index contributed by atoms with van der Waals surface area (Å²) >= 11 is 6.23. The van der Waals surface area contributed by atoms with Crippen molar-refractivity contribution in [3.05, 3.63) is 87.2 Å². The Morgan fingerprint density at radius 3 is 2.12 bits per heavy atom. The number of alkyl carbamates (subject to hydrolysis) is 1. The van der Waals surface area contributed by atoms with Crippen LogP contribution in [-0.2, 0) is 22.2 Å². The van der Waals surface area contributed by atoms with Gasteiger partial charge >= 0.3 is 18.2 Å². The number of alkyl halides is 3. The lowest BCUT2D eigenvalue weighted by atomic mass is 9.99. The molecule has 0 aliphatic rings. The summed E-state index contributed by atoms with van der Waals surface area (Å²) in [7, 11) is 0. The van der Waals surface area contributed by atoms with Crippen molar-refractivity contribution in [2.24, 2.45) is 0 Å². The highest BCUT2D eigenvalue weighted by atomic mass is 35.5. The van der Waals surface area contributed by atoms with Crippen molar-refractivity contribution >= 4 is 57.9 Å². The van der Waals surface area contributed by atoms with Crippen molar-refractivity contribution in [1.29, 1.82) is 0 Å². The Bertz CT molecular complexity index is 1940. The van der Waals surface area contributed by atoms with Crippen molar-refractivity contribution in [3.63, 3.8) is 0 Å². The number of rotatable bonds is 7. The van der Waals surface area contributed by atoms with E-state index in [0.717, 1.165) is 12.1 Å². The quantitative estimate of drug-likeness (QED) is 0.142. The van der Waals surface area contributed by atoms with Gasteiger partial charge in [0, 0.05) is 16.4 Å². The van der Waals surface area contributed by atoms with Crippen LogP contribution >= 0.6 is 11.6 Å². The zero-order valence-electron chi connectivity index (χ0n) is 27.7. The van der Waals surface area contributed by atoms with Gasteiger partial charge in [0.2, 0.25) is 0 Å². The number of amides is 3. The molecule has 4 rings (SSSR count). The van der Waals surface area contributed by atoms with E-state index in [-0.39, 0.29) is 34.7 Å². The van der Waals surface area contributed by atoms with Crippen LogP contribution in [0.3, 0.4) is 0 Å². The number of anilines is 2. The van der Waals surface area contributed by atoms with E-state index < -0.39 is 57.9 Å². The van der Waals surface area contributed by atoms with Crippen LogP contribution in [-0.4, -0.2) is 45.0 Å². The number of imidazole rings is 1. The number of hydrogen-bond acceptors (Lipinski definition) is 7. The number of fused-ring (bicyclic) bond motifs is 1. The summed E-state index contributed by atoms with van der Waals surface area (Å²) in [6.45, 7) is 11.1. The number of hydrogen-bond donors (Lipinski definition) is 4. The van der Waals surface area contributed by atoms with Gasteiger partial charge in [-0.25, -0.2) is 14.6 Å². The Hall–Kier alpha value is -5.11. The number of benzene rings is 3. The molecule has 0 saturated carbocycles. The van der Waals surface area contributed by atoms with Crippen molar-refractivity contribution in [1.82, 2.24) is 15.3 Å². The summed E-state index contributed by atoms with van der Waals surface area (Å²) in [4.78, 5) is 59.9. The number of ether oxygens (including phenoxy) is 2. The average Bonchev–Trinajstić information content (AvgIpc) is 3.38. The third-order valence-corrected chi connectivity index (χ3v) is 7.08. The monoisotopic (exact) mass is 701 g/mol. The maximum atomic E-state index is 14.0. The molecule has 0 atom stereocenters. The van der Waals surface area contributed by atoms with Crippen LogP contribution in [0.5, 0.6) is 0 Å². The third-order valence-electron chi connectivity index (χ3n) is 6.67. The van der Waals surface area contributed by atoms with Gasteiger partial charge in [0.15, 0.2) is 0 Å². The van der Waals surface area contributed by atoms with E-state index in [1.165, 1.54) is 32.9 Å². The largest absolute Gasteiger partial charge is 0.456 e. The van der Waals surface area contributed by atoms with E-state index in [1.54, 1.807) is 45.9 Å². The lowest BCUT2D eigenvalue weighted by Gasteiger charge is -2.22. The Morgan fingerprint density at radius 2 is 1.49 bits per heavy atom. The predicted octanol–water partition coefficient (Wildman–Crippen LogP) is 8.03. The van der Waals surface area contributed by atoms with E-state index in [2.05, 4.69) is 25.9 Å². The van der Waals surface area contributed by atoms with E-state index in [0.29, 0.717) is 22.3 Å². The van der Waals surface area contributed by atoms with Crippen LogP contribution in [0.2, 0.25) is 5.02 Å². The van der Waals surface area contributed by atoms with Crippen molar-refractivity contribution in [2.75, 3.05) is 10.6 Å². The number of nitrogens with one attached hydrogen (secondary N) is 4. The second kappa shape index (κ2) is 13.8. The highest BCUT2D eigenvalue weighted by Crippen LogP contribution is 2.35. The Labute approximate surface area is 284 Å². The molecule has 0 aliphatic heterocycles. The molecule has 260 valence electrons. The summed E-state index contributed by atoms with van der Waals surface area (Å²) < 4.78 is 52.5. The van der Waals surface area contributed by atoms with Crippen LogP contribution < -0.4 is 16.0 Å². The van der Waals surface area contributed by atoms with E-state index >= 15 is 0 Å². The van der Waals surface area contributed by atoms with Gasteiger partial charge in [0.05, 0.1) is 34.3 Å². The van der Waals surface area contributed by atoms with E-state index in [4.69, 9.17) is 21.1 Å². The smallest absolute Gasteiger partial charge is 0.417 e. The molecule has 0 radical (unpaired) electrons. The van der Waals surface area contributed by atoms with Crippen LogP contribution in [0.1, 0.15) is 89.6 Å². The van der Waals surface area contributed by atoms with Gasteiger partial charge in [0.1, 0.15) is 22.5 Å². The van der Waals surface area contributed by atoms with E-state index in [9.17, 15) is 32.3 Å². The van der Waals surface area contributed by atoms with Crippen molar-refractivity contribution in [2.45, 2.75) is 72.4 Å². The fourth-order valence-electron chi connectivity index (χ4n) is 4.63. The third kappa shape index (κ3) is 9.28. The predicted molar refractivity (Wildman–Crippen MR) is 178 cm³/mol. The lowest BCUT2D eigenvalue weighted by molar-refractivity contribution is -0.138. The lowest BCUT2D eigenvalue weighted by Crippen LogP contribution is -2.32. The number of nitrogens with zero attached hydrogens (tertiary/aromatic N) is 1. The van der Waals surface area contributed by atoms with Crippen LogP contribution in [0.25, 0.3) is 11.0 Å². The zero-order valence-corrected chi connectivity index (χ0v) is 28.5. The van der Waals surface area contributed by atoms with Crippen molar-refractivity contribution < 1.29 is 41.8 Å². The molecular weight excluding hydrogens is 667 g/mol. The number of carbonyl (C=O) groups excluding carboxylic acids is 4. The molecular formula is C34H35ClF3N5O6. The second-order valence-electron chi connectivity index (χ2n) is 13.0. The number of esters is 1. The molecule has 0 saturated heterocycles. The summed E-state index contributed by atoms with van der Waals surface area (Å²) in [6, 6.07) is 10.4. The summed E-state index contributed by atoms with van der Waals surface area (Å²) in [5.41, 5.74) is -3.50. The molecule has 0 aliphatic carbocycles. The van der Waals surface area contributed by atoms with Crippen LogP contribution in [0.15, 0.2) is 48.5 Å². The van der Waals surface area contributed by atoms with E-state index in [1.807, 2.05) is 0 Å². The van der Waals surface area contributed by atoms with Gasteiger partial charge in [-0.2, -0.15) is 13.2 Å². The molecule has 0 unspecified atom stereocenters. The molecule has 11 nitrogen and oxygen atoms in total. The fraction of sp³-hybridized carbons (Fsp3) is 0.324. The van der Waals surface area contributed by atoms with Gasteiger partial charge in [-0.3, -0.25) is 9.59 Å². The van der Waals surface area contributed by atoms with Gasteiger partial charge < -0.3 is 30.4 Å². The Balaban J connectivity index is 1.77. The first-order valence-electron chi connectivity index (χ1n) is 14.9. The molecule has 3 aromatic carbocycles. The SMILES string of the molecule is Cc1c(Cl)cccc1NC(=O)c1cc(NC(=O)c2cccc(C(F)(F)F)c2C(=O)OC(C)(C)C)cc2[nH]c(CNC(=O)OC(C)(C)C)nc12. The topological polar surface area (TPSA) is 152 Å². The molecule has 15 heteroatoms. The molecule has 49 heavy (non-hydrogen) atoms. The minimum absolute atomic E-state index is 0.0201. The highest BCUT2D eigenvalue weighted by molar-refractivity contribution is 6.32. The Kier molecular flexibility index (Phi) is 10.3. The number of H-pyrrole nitrogens is 1. The normalized spacial score (nSPS) is 12.0. The van der Waals surface area contributed by atoms with Gasteiger partial charge in [-0.15, -0.1) is 0 Å². The fourth-order valence-corrected chi connectivity index (χ4v) is 4.80. The average molecular weight is 702 g/mol. The second-order valence-corrected chi connectivity index (χ2v) is 13.4. The molecule has 0 fully saturated rings. The molecule has 3 amide bonds. The van der Waals surface area contributed by atoms with Gasteiger partial charge in [0.25, 0.3) is 11.8 Å². The minimum Gasteiger partial charge on any atom is -0.456 e. The summed E-state index contributed by atoms with van der Waals surface area (Å²) in [5, 5.41) is 8.23. The number of aromatic nitrogens is 2. The summed E-state index contributed by atoms with van der Waals surface area (Å²) in [6.07, 6.45) is -5.69. The van der Waals surface area contributed by atoms with Crippen LogP contribution in [0.4, 0.5) is 29.3 Å². The number of aromatic amines is 1. The van der Waals surface area contributed by atoms with Gasteiger partial charge in [-0.05, 0) is 90.4 Å². The maximum Gasteiger partial charge on any atom is 0.417 e. The van der Waals surface area contributed by atoms with Crippen molar-refractivity contribution in [3.8, 4) is 0 Å². The van der Waals surface area contributed by atoms with Crippen LogP contribution in [0, 0.1) is 6.92 Å². The zero-order chi connectivity index (χ0) is 36.5. The molecule has 1 heterocycles. The highest BCUT2D eigenvalue weighted by Gasteiger charge is 2.39. The maximum absolute atomic E-state index is 14.0. The first-order valence-corrected chi connectivity index (χ1v) is 15.3. The number of halogens is 4. The Morgan fingerprint density at radius 1 is 0.857 bits per heavy atom. The molecule has 1 aromatic heterocycles. The molecule has 0 spiro atoms. The molecule has 0 bridgehead atoms. The molecule has 4 aromatic rings. The first-order chi connectivity index (χ1) is 22.6. The first kappa shape index (κ1) is 36.7.